The van der Waals surface area contributed by atoms with Gasteiger partial charge in [0.2, 0.25) is 0 Å². The zero-order valence-corrected chi connectivity index (χ0v) is 20.1. The van der Waals surface area contributed by atoms with Gasteiger partial charge in [-0.05, 0) is 51.2 Å². The molecule has 0 aromatic heterocycles. The van der Waals surface area contributed by atoms with Crippen molar-refractivity contribution in [1.82, 2.24) is 4.90 Å². The number of anilines is 1. The van der Waals surface area contributed by atoms with Gasteiger partial charge < -0.3 is 19.5 Å². The first kappa shape index (κ1) is 23.1. The molecule has 4 aliphatic rings. The van der Waals surface area contributed by atoms with Gasteiger partial charge in [0.25, 0.3) is 0 Å². The number of esters is 1. The number of halogens is 1. The van der Waals surface area contributed by atoms with Crippen molar-refractivity contribution in [3.63, 3.8) is 0 Å². The smallest absolute Gasteiger partial charge is 0.310 e. The molecule has 1 aromatic rings. The third-order valence-corrected chi connectivity index (χ3v) is 9.47. The minimum absolute atomic E-state index is 0.00672. The topological polar surface area (TPSA) is 62.2 Å². The Bertz CT molecular complexity index is 906. The van der Waals surface area contributed by atoms with Crippen LogP contribution in [0.4, 0.5) is 10.1 Å². The molecule has 6 atom stereocenters. The van der Waals surface area contributed by atoms with Crippen LogP contribution < -0.4 is 4.90 Å². The lowest BCUT2D eigenvalue weighted by atomic mass is 9.49. The van der Waals surface area contributed by atoms with Gasteiger partial charge in [-0.15, -0.1) is 0 Å². The quantitative estimate of drug-likeness (QED) is 0.697. The van der Waals surface area contributed by atoms with E-state index in [1.807, 2.05) is 19.1 Å². The van der Waals surface area contributed by atoms with Crippen LogP contribution in [0.2, 0.25) is 0 Å². The molecule has 4 fully saturated rings. The fourth-order valence-corrected chi connectivity index (χ4v) is 7.25. The van der Waals surface area contributed by atoms with Crippen molar-refractivity contribution in [2.45, 2.75) is 63.3 Å². The Hall–Kier alpha value is -1.70. The van der Waals surface area contributed by atoms with Gasteiger partial charge in [0.15, 0.2) is 0 Å². The Kier molecular flexibility index (Phi) is 5.73. The van der Waals surface area contributed by atoms with E-state index >= 15 is 0 Å². The fourth-order valence-electron chi connectivity index (χ4n) is 7.25. The molecular weight excluding hydrogens is 423 g/mol. The van der Waals surface area contributed by atoms with Crippen LogP contribution in [0.15, 0.2) is 24.3 Å². The Labute approximate surface area is 196 Å². The summed E-state index contributed by atoms with van der Waals surface area (Å²) in [4.78, 5) is 17.3. The average molecular weight is 461 g/mol. The molecule has 1 N–H and O–H groups in total. The Morgan fingerprint density at radius 2 is 1.88 bits per heavy atom. The van der Waals surface area contributed by atoms with E-state index in [4.69, 9.17) is 9.47 Å². The van der Waals surface area contributed by atoms with Crippen molar-refractivity contribution < 1.29 is 23.8 Å². The van der Waals surface area contributed by atoms with E-state index in [1.54, 1.807) is 13.2 Å². The molecule has 2 saturated carbocycles. The molecule has 0 spiro atoms. The van der Waals surface area contributed by atoms with Gasteiger partial charge in [-0.1, -0.05) is 19.1 Å². The number of nitrogens with zero attached hydrogens (tertiary/aromatic N) is 2. The number of carbonyl (C=O) groups excluding carboxylic acids is 1. The van der Waals surface area contributed by atoms with Crippen molar-refractivity contribution in [3.8, 4) is 0 Å². The van der Waals surface area contributed by atoms with E-state index in [9.17, 15) is 14.3 Å². The Balaban J connectivity index is 1.29. The molecule has 0 amide bonds. The Morgan fingerprint density at radius 1 is 1.15 bits per heavy atom. The van der Waals surface area contributed by atoms with Crippen molar-refractivity contribution in [2.24, 2.45) is 17.3 Å². The van der Waals surface area contributed by atoms with E-state index in [0.29, 0.717) is 25.1 Å². The van der Waals surface area contributed by atoms with Crippen molar-refractivity contribution in [1.29, 1.82) is 0 Å². The van der Waals surface area contributed by atoms with Gasteiger partial charge >= 0.3 is 5.97 Å². The summed E-state index contributed by atoms with van der Waals surface area (Å²) in [7, 11) is 1.69. The summed E-state index contributed by atoms with van der Waals surface area (Å²) in [6.45, 7) is 7.78. The minimum Gasteiger partial charge on any atom is -0.462 e. The summed E-state index contributed by atoms with van der Waals surface area (Å²) >= 11 is 0. The van der Waals surface area contributed by atoms with E-state index in [0.717, 1.165) is 45.4 Å². The highest BCUT2D eigenvalue weighted by Gasteiger charge is 2.67. The summed E-state index contributed by atoms with van der Waals surface area (Å²) in [6.07, 6.45) is 3.84. The van der Waals surface area contributed by atoms with Crippen LogP contribution in [-0.2, 0) is 14.3 Å². The number of benzene rings is 1. The maximum atomic E-state index is 14.2. The lowest BCUT2D eigenvalue weighted by Crippen LogP contribution is -2.69. The van der Waals surface area contributed by atoms with Crippen LogP contribution in [0.1, 0.15) is 46.0 Å². The number of piperazine rings is 1. The van der Waals surface area contributed by atoms with E-state index in [2.05, 4.69) is 16.7 Å². The standard InChI is InChI=1S/C26H37FN2O4/c1-24-9-6-10-25(2,32-3)26(24,31)15-18-19(23(30)33-22(18)16-24)17-28-11-13-29(14-12-28)21-8-5-4-7-20(21)27/h4-5,7-8,18-19,22,31H,6,9-17H2,1-3H3/t18-,19-,22+,24+,25+,26-/m0/s1. The third kappa shape index (κ3) is 3.58. The first-order valence-electron chi connectivity index (χ1n) is 12.4. The van der Waals surface area contributed by atoms with Gasteiger partial charge in [0.05, 0.1) is 22.8 Å². The second kappa shape index (κ2) is 8.21. The molecule has 1 aromatic carbocycles. The monoisotopic (exact) mass is 460 g/mol. The average Bonchev–Trinajstić information content (AvgIpc) is 3.07. The molecule has 2 aliphatic carbocycles. The summed E-state index contributed by atoms with van der Waals surface area (Å²) in [6, 6.07) is 6.89. The van der Waals surface area contributed by atoms with Crippen LogP contribution in [-0.4, -0.2) is 73.1 Å². The fraction of sp³-hybridized carbons (Fsp3) is 0.731. The molecule has 33 heavy (non-hydrogen) atoms. The molecule has 0 unspecified atom stereocenters. The second-order valence-electron chi connectivity index (χ2n) is 11.1. The summed E-state index contributed by atoms with van der Waals surface area (Å²) in [5.41, 5.74) is -1.28. The van der Waals surface area contributed by atoms with Crippen LogP contribution in [0.3, 0.4) is 0 Å². The molecule has 2 heterocycles. The van der Waals surface area contributed by atoms with E-state index < -0.39 is 11.2 Å². The lowest BCUT2D eigenvalue weighted by molar-refractivity contribution is -0.270. The molecular formula is C26H37FN2O4. The highest BCUT2D eigenvalue weighted by atomic mass is 19.1. The van der Waals surface area contributed by atoms with Gasteiger partial charge in [0, 0.05) is 51.2 Å². The molecule has 6 nitrogen and oxygen atoms in total. The van der Waals surface area contributed by atoms with Gasteiger partial charge in [0.1, 0.15) is 11.9 Å². The first-order chi connectivity index (χ1) is 15.7. The predicted molar refractivity (Wildman–Crippen MR) is 123 cm³/mol. The predicted octanol–water partition coefficient (Wildman–Crippen LogP) is 3.23. The number of carbonyl (C=O) groups is 1. The molecule has 0 bridgehead atoms. The van der Waals surface area contributed by atoms with Gasteiger partial charge in [-0.25, -0.2) is 4.39 Å². The zero-order valence-electron chi connectivity index (χ0n) is 20.1. The van der Waals surface area contributed by atoms with Gasteiger partial charge in [-0.2, -0.15) is 0 Å². The van der Waals surface area contributed by atoms with Crippen LogP contribution in [0.25, 0.3) is 0 Å². The normalized spacial score (nSPS) is 41.4. The van der Waals surface area contributed by atoms with E-state index in [1.165, 1.54) is 6.07 Å². The van der Waals surface area contributed by atoms with Crippen LogP contribution in [0.5, 0.6) is 0 Å². The molecule has 0 radical (unpaired) electrons. The van der Waals surface area contributed by atoms with Crippen molar-refractivity contribution in [2.75, 3.05) is 44.7 Å². The highest BCUT2D eigenvalue weighted by Crippen LogP contribution is 2.61. The number of hydrogen-bond acceptors (Lipinski definition) is 6. The number of methoxy groups -OCH3 is 1. The number of aliphatic hydroxyl groups is 1. The van der Waals surface area contributed by atoms with Gasteiger partial charge in [-0.3, -0.25) is 9.69 Å². The molecule has 182 valence electrons. The number of fused-ring (bicyclic) bond motifs is 2. The third-order valence-electron chi connectivity index (χ3n) is 9.47. The summed E-state index contributed by atoms with van der Waals surface area (Å²) < 4.78 is 26.0. The maximum absolute atomic E-state index is 14.2. The number of ether oxygens (including phenoxy) is 2. The highest BCUT2D eigenvalue weighted by molar-refractivity contribution is 5.75. The first-order valence-corrected chi connectivity index (χ1v) is 12.4. The van der Waals surface area contributed by atoms with Crippen LogP contribution >= 0.6 is 0 Å². The molecule has 2 aliphatic heterocycles. The molecule has 7 heteroatoms. The summed E-state index contributed by atoms with van der Waals surface area (Å²) in [5, 5.41) is 12.1. The largest absolute Gasteiger partial charge is 0.462 e. The SMILES string of the molecule is CO[C@]1(C)CCC[C@]2(C)C[C@H]3OC(=O)[C@@H](CN4CCN(c5ccccc5F)CC4)[C@@H]3C[C@]21O. The zero-order chi connectivity index (χ0) is 23.4. The molecule has 5 rings (SSSR count). The molecule has 2 saturated heterocycles. The van der Waals surface area contributed by atoms with Crippen molar-refractivity contribution in [3.05, 3.63) is 30.1 Å². The summed E-state index contributed by atoms with van der Waals surface area (Å²) in [5.74, 6) is -0.578. The van der Waals surface area contributed by atoms with Crippen LogP contribution in [0, 0.1) is 23.1 Å². The Morgan fingerprint density at radius 3 is 2.58 bits per heavy atom. The second-order valence-corrected chi connectivity index (χ2v) is 11.1. The number of rotatable bonds is 4. The minimum atomic E-state index is -0.982. The van der Waals surface area contributed by atoms with E-state index in [-0.39, 0.29) is 35.1 Å². The number of para-hydroxylation sites is 1. The maximum Gasteiger partial charge on any atom is 0.310 e. The van der Waals surface area contributed by atoms with Crippen molar-refractivity contribution >= 4 is 11.7 Å². The lowest BCUT2D eigenvalue weighted by Gasteiger charge is -2.62. The number of hydrogen-bond donors (Lipinski definition) is 1.